The molecule has 2 aromatic heterocycles. The molecule has 2 aromatic rings. The molecular formula is C18H26N6O2. The summed E-state index contributed by atoms with van der Waals surface area (Å²) >= 11 is 0. The standard InChI is InChI=1S/C18H26N6O2/c1-14(2)24-17(5-8-21-24)22-18(25)20-13-16(15-3-6-19-7-4-15)23-9-11-26-12-10-23/h3-8,14,16H,9-13H2,1-2H3,(H2,20,22,25)/t16-/m1/s1. The number of pyridine rings is 1. The van der Waals surface area contributed by atoms with Crippen LogP contribution in [-0.4, -0.2) is 58.5 Å². The van der Waals surface area contributed by atoms with Gasteiger partial charge in [-0.05, 0) is 31.5 Å². The van der Waals surface area contributed by atoms with Gasteiger partial charge >= 0.3 is 6.03 Å². The Balaban J connectivity index is 1.63. The molecule has 0 saturated carbocycles. The number of anilines is 1. The van der Waals surface area contributed by atoms with Crippen molar-refractivity contribution in [1.29, 1.82) is 0 Å². The van der Waals surface area contributed by atoms with Gasteiger partial charge in [0.1, 0.15) is 5.82 Å². The Morgan fingerprint density at radius 2 is 1.92 bits per heavy atom. The summed E-state index contributed by atoms with van der Waals surface area (Å²) in [6.45, 7) is 7.66. The van der Waals surface area contributed by atoms with Gasteiger partial charge in [0.25, 0.3) is 0 Å². The van der Waals surface area contributed by atoms with Gasteiger partial charge in [-0.15, -0.1) is 0 Å². The first-order valence-electron chi connectivity index (χ1n) is 8.95. The molecule has 1 aliphatic rings. The van der Waals surface area contributed by atoms with Gasteiger partial charge in [-0.2, -0.15) is 5.10 Å². The van der Waals surface area contributed by atoms with Crippen LogP contribution in [0.15, 0.2) is 36.8 Å². The van der Waals surface area contributed by atoms with Crippen LogP contribution >= 0.6 is 0 Å². The quantitative estimate of drug-likeness (QED) is 0.826. The van der Waals surface area contributed by atoms with Crippen molar-refractivity contribution in [1.82, 2.24) is 25.0 Å². The van der Waals surface area contributed by atoms with E-state index in [1.165, 1.54) is 0 Å². The first kappa shape index (κ1) is 18.3. The summed E-state index contributed by atoms with van der Waals surface area (Å²) in [6.07, 6.45) is 5.25. The van der Waals surface area contributed by atoms with Crippen molar-refractivity contribution in [2.24, 2.45) is 0 Å². The molecule has 0 aromatic carbocycles. The van der Waals surface area contributed by atoms with Crippen LogP contribution in [0.1, 0.15) is 31.5 Å². The van der Waals surface area contributed by atoms with E-state index in [9.17, 15) is 4.79 Å². The molecule has 0 unspecified atom stereocenters. The number of hydrogen-bond acceptors (Lipinski definition) is 5. The minimum absolute atomic E-state index is 0.0858. The number of carbonyl (C=O) groups is 1. The summed E-state index contributed by atoms with van der Waals surface area (Å²) in [5, 5.41) is 10.1. The Morgan fingerprint density at radius 1 is 1.19 bits per heavy atom. The van der Waals surface area contributed by atoms with E-state index in [1.807, 2.05) is 26.0 Å². The number of carbonyl (C=O) groups excluding carboxylic acids is 1. The molecule has 2 N–H and O–H groups in total. The number of urea groups is 1. The number of nitrogens with one attached hydrogen (secondary N) is 2. The van der Waals surface area contributed by atoms with E-state index in [4.69, 9.17) is 4.74 Å². The van der Waals surface area contributed by atoms with Crippen LogP contribution in [0.25, 0.3) is 0 Å². The number of ether oxygens (including phenoxy) is 1. The summed E-state index contributed by atoms with van der Waals surface area (Å²) in [5.74, 6) is 0.685. The maximum atomic E-state index is 12.4. The maximum absolute atomic E-state index is 12.4. The van der Waals surface area contributed by atoms with Crippen molar-refractivity contribution < 1.29 is 9.53 Å². The lowest BCUT2D eigenvalue weighted by atomic mass is 10.1. The van der Waals surface area contributed by atoms with Gasteiger partial charge < -0.3 is 10.1 Å². The molecular weight excluding hydrogens is 332 g/mol. The third kappa shape index (κ3) is 4.59. The topological polar surface area (TPSA) is 84.3 Å². The molecule has 3 rings (SSSR count). The second-order valence-electron chi connectivity index (χ2n) is 6.53. The van der Waals surface area contributed by atoms with Crippen LogP contribution in [0.5, 0.6) is 0 Å². The van der Waals surface area contributed by atoms with Crippen LogP contribution in [-0.2, 0) is 4.74 Å². The molecule has 1 fully saturated rings. The second kappa shape index (κ2) is 8.77. The van der Waals surface area contributed by atoms with Gasteiger partial charge in [0, 0.05) is 44.1 Å². The van der Waals surface area contributed by atoms with Crippen LogP contribution < -0.4 is 10.6 Å². The first-order valence-corrected chi connectivity index (χ1v) is 8.95. The summed E-state index contributed by atoms with van der Waals surface area (Å²) in [7, 11) is 0. The molecule has 1 atom stereocenters. The predicted molar refractivity (Wildman–Crippen MR) is 99.0 cm³/mol. The predicted octanol–water partition coefficient (Wildman–Crippen LogP) is 2.05. The van der Waals surface area contributed by atoms with E-state index in [2.05, 4.69) is 25.6 Å². The fourth-order valence-electron chi connectivity index (χ4n) is 3.11. The molecule has 1 saturated heterocycles. The Morgan fingerprint density at radius 3 is 2.62 bits per heavy atom. The normalized spacial score (nSPS) is 16.4. The summed E-state index contributed by atoms with van der Waals surface area (Å²) in [4.78, 5) is 18.8. The Labute approximate surface area is 153 Å². The second-order valence-corrected chi connectivity index (χ2v) is 6.53. The van der Waals surface area contributed by atoms with E-state index < -0.39 is 0 Å². The fraction of sp³-hybridized carbons (Fsp3) is 0.500. The highest BCUT2D eigenvalue weighted by Crippen LogP contribution is 2.20. The molecule has 8 heteroatoms. The Bertz CT molecular complexity index is 697. The third-order valence-electron chi connectivity index (χ3n) is 4.43. The number of rotatable bonds is 6. The Hall–Kier alpha value is -2.45. The van der Waals surface area contributed by atoms with Gasteiger partial charge in [0.15, 0.2) is 0 Å². The SMILES string of the molecule is CC(C)n1nccc1NC(=O)NC[C@H](c1ccncc1)N1CCOCC1. The average Bonchev–Trinajstić information content (AvgIpc) is 3.12. The fourth-order valence-corrected chi connectivity index (χ4v) is 3.11. The number of aromatic nitrogens is 3. The van der Waals surface area contributed by atoms with Gasteiger partial charge in [0.2, 0.25) is 0 Å². The van der Waals surface area contributed by atoms with Gasteiger partial charge in [-0.3, -0.25) is 15.2 Å². The van der Waals surface area contributed by atoms with Gasteiger partial charge in [0.05, 0.1) is 25.5 Å². The highest BCUT2D eigenvalue weighted by molar-refractivity contribution is 5.88. The maximum Gasteiger partial charge on any atom is 0.320 e. The first-order chi connectivity index (χ1) is 12.6. The molecule has 0 aliphatic carbocycles. The van der Waals surface area contributed by atoms with E-state index in [0.717, 1.165) is 18.7 Å². The number of nitrogens with zero attached hydrogens (tertiary/aromatic N) is 4. The highest BCUT2D eigenvalue weighted by Gasteiger charge is 2.23. The van der Waals surface area contributed by atoms with Crippen LogP contribution in [0.3, 0.4) is 0 Å². The highest BCUT2D eigenvalue weighted by atomic mass is 16.5. The van der Waals surface area contributed by atoms with Crippen molar-refractivity contribution in [2.75, 3.05) is 38.2 Å². The lowest BCUT2D eigenvalue weighted by Gasteiger charge is -2.34. The lowest BCUT2D eigenvalue weighted by molar-refractivity contribution is 0.0167. The van der Waals surface area contributed by atoms with Crippen molar-refractivity contribution in [3.8, 4) is 0 Å². The smallest absolute Gasteiger partial charge is 0.320 e. The van der Waals surface area contributed by atoms with Crippen molar-refractivity contribution >= 4 is 11.8 Å². The summed E-state index contributed by atoms with van der Waals surface area (Å²) in [5.41, 5.74) is 1.13. The lowest BCUT2D eigenvalue weighted by Crippen LogP contribution is -2.44. The zero-order valence-corrected chi connectivity index (χ0v) is 15.3. The molecule has 2 amide bonds. The van der Waals surface area contributed by atoms with Crippen LogP contribution in [0.4, 0.5) is 10.6 Å². The monoisotopic (exact) mass is 358 g/mol. The number of amides is 2. The zero-order chi connectivity index (χ0) is 18.4. The molecule has 0 bridgehead atoms. The zero-order valence-electron chi connectivity index (χ0n) is 15.3. The number of hydrogen-bond donors (Lipinski definition) is 2. The molecule has 0 spiro atoms. The van der Waals surface area contributed by atoms with E-state index >= 15 is 0 Å². The van der Waals surface area contributed by atoms with Crippen molar-refractivity contribution in [3.63, 3.8) is 0 Å². The largest absolute Gasteiger partial charge is 0.379 e. The molecule has 8 nitrogen and oxygen atoms in total. The van der Waals surface area contributed by atoms with Crippen molar-refractivity contribution in [3.05, 3.63) is 42.4 Å². The summed E-state index contributed by atoms with van der Waals surface area (Å²) in [6, 6.07) is 5.81. The van der Waals surface area contributed by atoms with E-state index in [0.29, 0.717) is 25.6 Å². The minimum atomic E-state index is -0.236. The van der Waals surface area contributed by atoms with Crippen LogP contribution in [0, 0.1) is 0 Å². The minimum Gasteiger partial charge on any atom is -0.379 e. The Kier molecular flexibility index (Phi) is 6.19. The summed E-state index contributed by atoms with van der Waals surface area (Å²) < 4.78 is 7.23. The van der Waals surface area contributed by atoms with Gasteiger partial charge in [-0.1, -0.05) is 0 Å². The number of morpholine rings is 1. The van der Waals surface area contributed by atoms with Crippen molar-refractivity contribution in [2.45, 2.75) is 25.9 Å². The van der Waals surface area contributed by atoms with E-state index in [-0.39, 0.29) is 18.1 Å². The molecule has 140 valence electrons. The molecule has 0 radical (unpaired) electrons. The molecule has 26 heavy (non-hydrogen) atoms. The molecule has 1 aliphatic heterocycles. The molecule has 3 heterocycles. The average molecular weight is 358 g/mol. The van der Waals surface area contributed by atoms with Crippen LogP contribution in [0.2, 0.25) is 0 Å². The third-order valence-corrected chi connectivity index (χ3v) is 4.43. The van der Waals surface area contributed by atoms with Gasteiger partial charge in [-0.25, -0.2) is 9.48 Å². The van der Waals surface area contributed by atoms with E-state index in [1.54, 1.807) is 29.3 Å².